The first-order valence-corrected chi connectivity index (χ1v) is 4.38. The third-order valence-corrected chi connectivity index (χ3v) is 2.55. The van der Waals surface area contributed by atoms with Crippen LogP contribution in [0.5, 0.6) is 0 Å². The smallest absolute Gasteiger partial charge is 0.219 e. The highest BCUT2D eigenvalue weighted by molar-refractivity contribution is 5.73. The van der Waals surface area contributed by atoms with E-state index in [1.165, 1.54) is 0 Å². The molecule has 2 heterocycles. The van der Waals surface area contributed by atoms with Crippen LogP contribution in [-0.2, 0) is 9.53 Å². The van der Waals surface area contributed by atoms with Crippen LogP contribution in [0.1, 0.15) is 6.92 Å². The van der Waals surface area contributed by atoms with E-state index in [1.54, 1.807) is 6.92 Å². The number of fused-ring (bicyclic) bond motifs is 1. The molecule has 12 heavy (non-hydrogen) atoms. The molecule has 1 amide bonds. The van der Waals surface area contributed by atoms with Gasteiger partial charge in [0.15, 0.2) is 0 Å². The Morgan fingerprint density at radius 2 is 2.42 bits per heavy atom. The highest BCUT2D eigenvalue weighted by Gasteiger charge is 2.36. The molecule has 0 saturated carbocycles. The van der Waals surface area contributed by atoms with Crippen LogP contribution in [0.3, 0.4) is 0 Å². The number of rotatable bonds is 0. The number of nitrogens with zero attached hydrogens (tertiary/aromatic N) is 1. The predicted molar refractivity (Wildman–Crippen MR) is 43.8 cm³/mol. The largest absolute Gasteiger partial charge is 0.373 e. The minimum Gasteiger partial charge on any atom is -0.373 e. The minimum absolute atomic E-state index is 0.148. The zero-order valence-electron chi connectivity index (χ0n) is 7.25. The van der Waals surface area contributed by atoms with Crippen LogP contribution in [0.4, 0.5) is 0 Å². The summed E-state index contributed by atoms with van der Waals surface area (Å²) in [5, 5.41) is 3.35. The maximum Gasteiger partial charge on any atom is 0.219 e. The Morgan fingerprint density at radius 1 is 1.58 bits per heavy atom. The Morgan fingerprint density at radius 3 is 3.08 bits per heavy atom. The van der Waals surface area contributed by atoms with E-state index in [9.17, 15) is 4.79 Å². The normalized spacial score (nSPS) is 34.9. The van der Waals surface area contributed by atoms with E-state index in [2.05, 4.69) is 5.32 Å². The van der Waals surface area contributed by atoms with Crippen molar-refractivity contribution in [3.05, 3.63) is 0 Å². The van der Waals surface area contributed by atoms with Crippen molar-refractivity contribution in [2.75, 3.05) is 26.2 Å². The lowest BCUT2D eigenvalue weighted by Crippen LogP contribution is -2.47. The second-order valence-electron chi connectivity index (χ2n) is 3.39. The van der Waals surface area contributed by atoms with Crippen LogP contribution < -0.4 is 5.32 Å². The first-order valence-electron chi connectivity index (χ1n) is 4.38. The number of nitrogens with one attached hydrogen (secondary N) is 1. The van der Waals surface area contributed by atoms with Crippen molar-refractivity contribution in [1.82, 2.24) is 10.2 Å². The fraction of sp³-hybridized carbons (Fsp3) is 0.875. The molecule has 0 aromatic carbocycles. The molecule has 0 spiro atoms. The van der Waals surface area contributed by atoms with E-state index in [0.717, 1.165) is 26.2 Å². The molecular formula is C8H14N2O2. The van der Waals surface area contributed by atoms with Crippen LogP contribution >= 0.6 is 0 Å². The fourth-order valence-corrected chi connectivity index (χ4v) is 1.85. The van der Waals surface area contributed by atoms with E-state index in [-0.39, 0.29) is 12.0 Å². The molecule has 0 bridgehead atoms. The predicted octanol–water partition coefficient (Wildman–Crippen LogP) is -0.794. The molecule has 0 aromatic heterocycles. The molecule has 2 aliphatic rings. The molecule has 4 heteroatoms. The van der Waals surface area contributed by atoms with Gasteiger partial charge in [-0.05, 0) is 0 Å². The summed E-state index contributed by atoms with van der Waals surface area (Å²) in [5.74, 6) is 0.148. The molecule has 2 fully saturated rings. The number of hydrogen-bond donors (Lipinski definition) is 1. The number of amides is 1. The fourth-order valence-electron chi connectivity index (χ4n) is 1.85. The summed E-state index contributed by atoms with van der Waals surface area (Å²) in [6, 6.07) is 0.364. The highest BCUT2D eigenvalue weighted by atomic mass is 16.5. The molecule has 0 unspecified atom stereocenters. The van der Waals surface area contributed by atoms with Crippen LogP contribution in [-0.4, -0.2) is 49.2 Å². The number of likely N-dealkylation sites (tertiary alicyclic amines) is 1. The SMILES string of the molecule is CC(=O)N1C[C@@H]2OCCN[C@@H]2C1. The number of ether oxygens (including phenoxy) is 1. The quantitative estimate of drug-likeness (QED) is 0.518. The first-order chi connectivity index (χ1) is 5.77. The zero-order chi connectivity index (χ0) is 8.55. The maximum atomic E-state index is 11.0. The first kappa shape index (κ1) is 8.01. The van der Waals surface area contributed by atoms with Crippen molar-refractivity contribution in [1.29, 1.82) is 0 Å². The number of hydrogen-bond acceptors (Lipinski definition) is 3. The van der Waals surface area contributed by atoms with E-state index in [0.29, 0.717) is 6.04 Å². The average Bonchev–Trinajstić information content (AvgIpc) is 2.46. The lowest BCUT2D eigenvalue weighted by molar-refractivity contribution is -0.128. The molecule has 1 N–H and O–H groups in total. The summed E-state index contributed by atoms with van der Waals surface area (Å²) in [4.78, 5) is 12.9. The van der Waals surface area contributed by atoms with E-state index < -0.39 is 0 Å². The van der Waals surface area contributed by atoms with Crippen molar-refractivity contribution < 1.29 is 9.53 Å². The summed E-state index contributed by atoms with van der Waals surface area (Å²) in [6.45, 7) is 4.85. The van der Waals surface area contributed by atoms with Crippen LogP contribution in [0.15, 0.2) is 0 Å². The van der Waals surface area contributed by atoms with Crippen LogP contribution in [0.2, 0.25) is 0 Å². The van der Waals surface area contributed by atoms with E-state index in [1.807, 2.05) is 4.90 Å². The van der Waals surface area contributed by atoms with Crippen molar-refractivity contribution in [3.8, 4) is 0 Å². The van der Waals surface area contributed by atoms with Crippen molar-refractivity contribution >= 4 is 5.91 Å². The number of carbonyl (C=O) groups is 1. The van der Waals surface area contributed by atoms with Crippen LogP contribution in [0, 0.1) is 0 Å². The van der Waals surface area contributed by atoms with Gasteiger partial charge in [-0.15, -0.1) is 0 Å². The minimum atomic E-state index is 0.148. The van der Waals surface area contributed by atoms with Gasteiger partial charge < -0.3 is 15.0 Å². The summed E-state index contributed by atoms with van der Waals surface area (Å²) in [7, 11) is 0. The lowest BCUT2D eigenvalue weighted by atomic mass is 10.2. The topological polar surface area (TPSA) is 41.6 Å². The molecule has 0 aliphatic carbocycles. The highest BCUT2D eigenvalue weighted by Crippen LogP contribution is 2.15. The van der Waals surface area contributed by atoms with E-state index >= 15 is 0 Å². The van der Waals surface area contributed by atoms with Crippen molar-refractivity contribution in [3.63, 3.8) is 0 Å². The Kier molecular flexibility index (Phi) is 2.02. The third kappa shape index (κ3) is 1.32. The standard InChI is InChI=1S/C8H14N2O2/c1-6(11)10-4-7-8(5-10)12-3-2-9-7/h7-9H,2-5H2,1H3/t7-,8+/m1/s1. The average molecular weight is 170 g/mol. The van der Waals surface area contributed by atoms with Gasteiger partial charge in [-0.25, -0.2) is 0 Å². The second-order valence-corrected chi connectivity index (χ2v) is 3.39. The molecule has 0 aromatic rings. The second kappa shape index (κ2) is 3.03. The van der Waals surface area contributed by atoms with Crippen molar-refractivity contribution in [2.45, 2.75) is 19.1 Å². The maximum absolute atomic E-state index is 11.0. The Hall–Kier alpha value is -0.610. The molecule has 2 atom stereocenters. The number of carbonyl (C=O) groups excluding carboxylic acids is 1. The van der Waals surface area contributed by atoms with Gasteiger partial charge in [0.1, 0.15) is 0 Å². The summed E-state index contributed by atoms with van der Waals surface area (Å²) in [5.41, 5.74) is 0. The van der Waals surface area contributed by atoms with Gasteiger partial charge in [0.05, 0.1) is 18.8 Å². The molecular weight excluding hydrogens is 156 g/mol. The van der Waals surface area contributed by atoms with Gasteiger partial charge in [0, 0.05) is 26.6 Å². The van der Waals surface area contributed by atoms with E-state index in [4.69, 9.17) is 4.74 Å². The molecule has 0 radical (unpaired) electrons. The van der Waals surface area contributed by atoms with Gasteiger partial charge in [-0.2, -0.15) is 0 Å². The van der Waals surface area contributed by atoms with Gasteiger partial charge in [-0.3, -0.25) is 4.79 Å². The summed E-state index contributed by atoms with van der Waals surface area (Å²) >= 11 is 0. The lowest BCUT2D eigenvalue weighted by Gasteiger charge is -2.25. The molecule has 4 nitrogen and oxygen atoms in total. The van der Waals surface area contributed by atoms with Crippen LogP contribution in [0.25, 0.3) is 0 Å². The summed E-state index contributed by atoms with van der Waals surface area (Å²) in [6.07, 6.45) is 0.225. The molecule has 2 rings (SSSR count). The van der Waals surface area contributed by atoms with Crippen molar-refractivity contribution in [2.24, 2.45) is 0 Å². The Bertz CT molecular complexity index is 181. The Labute approximate surface area is 71.9 Å². The molecule has 68 valence electrons. The zero-order valence-corrected chi connectivity index (χ0v) is 7.25. The molecule has 2 aliphatic heterocycles. The summed E-state index contributed by atoms with van der Waals surface area (Å²) < 4.78 is 5.53. The molecule has 2 saturated heterocycles. The monoisotopic (exact) mass is 170 g/mol. The Balaban J connectivity index is 1.98. The third-order valence-electron chi connectivity index (χ3n) is 2.55. The van der Waals surface area contributed by atoms with Gasteiger partial charge in [0.25, 0.3) is 0 Å². The van der Waals surface area contributed by atoms with Gasteiger partial charge >= 0.3 is 0 Å². The van der Waals surface area contributed by atoms with Gasteiger partial charge in [-0.1, -0.05) is 0 Å². The van der Waals surface area contributed by atoms with Gasteiger partial charge in [0.2, 0.25) is 5.91 Å². The number of morpholine rings is 1.